The molecule has 2 fully saturated rings. The zero-order valence-electron chi connectivity index (χ0n) is 12.7. The third kappa shape index (κ3) is 2.52. The molecule has 2 saturated heterocycles. The van der Waals surface area contributed by atoms with Gasteiger partial charge >= 0.3 is 0 Å². The van der Waals surface area contributed by atoms with Crippen LogP contribution in [0.1, 0.15) is 42.9 Å². The number of fused-ring (bicyclic) bond motifs is 2. The second kappa shape index (κ2) is 5.71. The summed E-state index contributed by atoms with van der Waals surface area (Å²) in [7, 11) is 0. The van der Waals surface area contributed by atoms with Gasteiger partial charge in [0.05, 0.1) is 6.10 Å². The molecule has 0 radical (unpaired) electrons. The maximum absolute atomic E-state index is 10.9. The van der Waals surface area contributed by atoms with E-state index in [1.54, 1.807) is 0 Å². The Kier molecular flexibility index (Phi) is 3.74. The molecule has 0 amide bonds. The quantitative estimate of drug-likeness (QED) is 0.857. The Balaban J connectivity index is 1.54. The van der Waals surface area contributed by atoms with Crippen LogP contribution in [0.4, 0.5) is 0 Å². The van der Waals surface area contributed by atoms with Crippen molar-refractivity contribution in [2.24, 2.45) is 0 Å². The Morgan fingerprint density at radius 2 is 1.76 bits per heavy atom. The molecule has 0 spiro atoms. The molecule has 3 nitrogen and oxygen atoms in total. The highest BCUT2D eigenvalue weighted by Crippen LogP contribution is 2.34. The van der Waals surface area contributed by atoms with Crippen molar-refractivity contribution in [3.8, 4) is 0 Å². The van der Waals surface area contributed by atoms with Gasteiger partial charge in [-0.1, -0.05) is 24.3 Å². The van der Waals surface area contributed by atoms with Crippen LogP contribution in [0.5, 0.6) is 0 Å². The SMILES string of the molecule is OC1c2ccccc2CCC1N1CCCN2CCCC2C1. The van der Waals surface area contributed by atoms with E-state index >= 15 is 0 Å². The summed E-state index contributed by atoms with van der Waals surface area (Å²) in [5.41, 5.74) is 2.51. The van der Waals surface area contributed by atoms with Crippen LogP contribution in [-0.4, -0.2) is 53.2 Å². The number of benzene rings is 1. The van der Waals surface area contributed by atoms with E-state index in [-0.39, 0.29) is 6.10 Å². The molecule has 3 heteroatoms. The predicted octanol–water partition coefficient (Wildman–Crippen LogP) is 2.20. The summed E-state index contributed by atoms with van der Waals surface area (Å²) >= 11 is 0. The second-order valence-corrected chi connectivity index (χ2v) is 6.93. The third-order valence-corrected chi connectivity index (χ3v) is 5.75. The van der Waals surface area contributed by atoms with E-state index in [2.05, 4.69) is 34.1 Å². The first-order valence-electron chi connectivity index (χ1n) is 8.57. The van der Waals surface area contributed by atoms with Crippen molar-refractivity contribution in [1.29, 1.82) is 0 Å². The van der Waals surface area contributed by atoms with Crippen LogP contribution in [0.2, 0.25) is 0 Å². The summed E-state index contributed by atoms with van der Waals surface area (Å²) in [5.74, 6) is 0. The Labute approximate surface area is 127 Å². The van der Waals surface area contributed by atoms with Gasteiger partial charge in [0, 0.05) is 18.6 Å². The first-order valence-corrected chi connectivity index (χ1v) is 8.57. The molecule has 21 heavy (non-hydrogen) atoms. The number of hydrogen-bond donors (Lipinski definition) is 1. The first kappa shape index (κ1) is 13.7. The van der Waals surface area contributed by atoms with Crippen LogP contribution in [0.25, 0.3) is 0 Å². The van der Waals surface area contributed by atoms with Crippen molar-refractivity contribution in [2.45, 2.75) is 50.3 Å². The molecule has 1 aromatic carbocycles. The maximum Gasteiger partial charge on any atom is 0.0947 e. The fourth-order valence-corrected chi connectivity index (χ4v) is 4.64. The van der Waals surface area contributed by atoms with Crippen LogP contribution in [-0.2, 0) is 6.42 Å². The number of aryl methyl sites for hydroxylation is 1. The van der Waals surface area contributed by atoms with Crippen molar-refractivity contribution in [3.63, 3.8) is 0 Å². The average molecular weight is 286 g/mol. The summed E-state index contributed by atoms with van der Waals surface area (Å²) < 4.78 is 0. The fraction of sp³-hybridized carbons (Fsp3) is 0.667. The highest BCUT2D eigenvalue weighted by Gasteiger charge is 2.36. The lowest BCUT2D eigenvalue weighted by atomic mass is 9.85. The Morgan fingerprint density at radius 3 is 2.71 bits per heavy atom. The molecule has 0 aromatic heterocycles. The lowest BCUT2D eigenvalue weighted by Crippen LogP contribution is -2.46. The molecule has 3 atom stereocenters. The summed E-state index contributed by atoms with van der Waals surface area (Å²) in [5, 5.41) is 10.9. The van der Waals surface area contributed by atoms with Gasteiger partial charge in [-0.15, -0.1) is 0 Å². The van der Waals surface area contributed by atoms with E-state index in [4.69, 9.17) is 0 Å². The van der Waals surface area contributed by atoms with Gasteiger partial charge in [0.1, 0.15) is 0 Å². The average Bonchev–Trinajstić information content (AvgIpc) is 2.85. The number of rotatable bonds is 1. The van der Waals surface area contributed by atoms with Crippen LogP contribution < -0.4 is 0 Å². The molecule has 3 aliphatic rings. The molecule has 2 heterocycles. The molecule has 1 N–H and O–H groups in total. The normalized spacial score (nSPS) is 34.2. The van der Waals surface area contributed by atoms with Crippen LogP contribution in [0.15, 0.2) is 24.3 Å². The van der Waals surface area contributed by atoms with Gasteiger partial charge in [0.2, 0.25) is 0 Å². The topological polar surface area (TPSA) is 26.7 Å². The van der Waals surface area contributed by atoms with Gasteiger partial charge in [-0.25, -0.2) is 0 Å². The van der Waals surface area contributed by atoms with Crippen LogP contribution >= 0.6 is 0 Å². The largest absolute Gasteiger partial charge is 0.387 e. The van der Waals surface area contributed by atoms with Crippen molar-refractivity contribution >= 4 is 0 Å². The molecule has 114 valence electrons. The van der Waals surface area contributed by atoms with E-state index < -0.39 is 0 Å². The molecule has 0 saturated carbocycles. The van der Waals surface area contributed by atoms with Crippen molar-refractivity contribution in [2.75, 3.05) is 26.2 Å². The zero-order chi connectivity index (χ0) is 14.2. The van der Waals surface area contributed by atoms with Crippen LogP contribution in [0, 0.1) is 0 Å². The molecular weight excluding hydrogens is 260 g/mol. The molecule has 4 rings (SSSR count). The zero-order valence-corrected chi connectivity index (χ0v) is 12.7. The standard InChI is InChI=1S/C18H26N2O/c21-18-16-7-2-1-5-14(16)8-9-17(18)20-12-4-11-19-10-3-6-15(19)13-20/h1-2,5,7,15,17-18,21H,3-4,6,8-13H2. The van der Waals surface area contributed by atoms with E-state index in [9.17, 15) is 5.11 Å². The number of aliphatic hydroxyl groups is 1. The van der Waals surface area contributed by atoms with Gasteiger partial charge in [0.15, 0.2) is 0 Å². The van der Waals surface area contributed by atoms with Gasteiger partial charge in [-0.05, 0) is 62.9 Å². The van der Waals surface area contributed by atoms with E-state index in [1.807, 2.05) is 0 Å². The number of hydrogen-bond acceptors (Lipinski definition) is 3. The van der Waals surface area contributed by atoms with Crippen LogP contribution in [0.3, 0.4) is 0 Å². The minimum Gasteiger partial charge on any atom is -0.387 e. The molecule has 0 bridgehead atoms. The lowest BCUT2D eigenvalue weighted by Gasteiger charge is -2.39. The summed E-state index contributed by atoms with van der Waals surface area (Å²) in [6, 6.07) is 9.50. The van der Waals surface area contributed by atoms with E-state index in [0.717, 1.165) is 32.0 Å². The lowest BCUT2D eigenvalue weighted by molar-refractivity contribution is 0.0326. The van der Waals surface area contributed by atoms with Gasteiger partial charge < -0.3 is 5.11 Å². The summed E-state index contributed by atoms with van der Waals surface area (Å²) in [6.45, 7) is 4.84. The highest BCUT2D eigenvalue weighted by atomic mass is 16.3. The smallest absolute Gasteiger partial charge is 0.0947 e. The number of nitrogens with zero attached hydrogens (tertiary/aromatic N) is 2. The number of aliphatic hydroxyl groups excluding tert-OH is 1. The van der Waals surface area contributed by atoms with E-state index in [0.29, 0.717) is 6.04 Å². The fourth-order valence-electron chi connectivity index (χ4n) is 4.64. The first-order chi connectivity index (χ1) is 10.3. The second-order valence-electron chi connectivity index (χ2n) is 6.93. The monoisotopic (exact) mass is 286 g/mol. The van der Waals surface area contributed by atoms with Gasteiger partial charge in [-0.3, -0.25) is 9.80 Å². The molecular formula is C18H26N2O. The minimum absolute atomic E-state index is 0.303. The summed E-state index contributed by atoms with van der Waals surface area (Å²) in [6.07, 6.45) is 5.86. The predicted molar refractivity (Wildman–Crippen MR) is 84.3 cm³/mol. The highest BCUT2D eigenvalue weighted by molar-refractivity contribution is 5.32. The van der Waals surface area contributed by atoms with Gasteiger partial charge in [0.25, 0.3) is 0 Å². The van der Waals surface area contributed by atoms with E-state index in [1.165, 1.54) is 43.5 Å². The van der Waals surface area contributed by atoms with Crippen molar-refractivity contribution in [3.05, 3.63) is 35.4 Å². The maximum atomic E-state index is 10.9. The molecule has 1 aliphatic carbocycles. The Morgan fingerprint density at radius 1 is 0.952 bits per heavy atom. The summed E-state index contributed by atoms with van der Waals surface area (Å²) in [4.78, 5) is 5.26. The van der Waals surface area contributed by atoms with Crippen molar-refractivity contribution < 1.29 is 5.11 Å². The minimum atomic E-state index is -0.303. The van der Waals surface area contributed by atoms with Gasteiger partial charge in [-0.2, -0.15) is 0 Å². The molecule has 2 aliphatic heterocycles. The Bertz CT molecular complexity index is 504. The Hall–Kier alpha value is -0.900. The molecule has 1 aromatic rings. The third-order valence-electron chi connectivity index (χ3n) is 5.75. The van der Waals surface area contributed by atoms with Crippen molar-refractivity contribution in [1.82, 2.24) is 9.80 Å². The molecule has 3 unspecified atom stereocenters.